The minimum absolute atomic E-state index is 0.00219. The maximum Gasteiger partial charge on any atom is 0.256 e. The Morgan fingerprint density at radius 3 is 2.24 bits per heavy atom. The highest BCUT2D eigenvalue weighted by Crippen LogP contribution is 2.43. The van der Waals surface area contributed by atoms with Crippen LogP contribution in [0.2, 0.25) is 0 Å². The summed E-state index contributed by atoms with van der Waals surface area (Å²) >= 11 is 0. The van der Waals surface area contributed by atoms with E-state index < -0.39 is 51.2 Å². The first-order valence-electron chi connectivity index (χ1n) is 14.5. The fraction of sp³-hybridized carbons (Fsp3) is 0.500. The Kier molecular flexibility index (Phi) is 9.27. The molecule has 2 atom stereocenters. The van der Waals surface area contributed by atoms with Crippen molar-refractivity contribution in [2.45, 2.75) is 74.1 Å². The lowest BCUT2D eigenvalue weighted by Gasteiger charge is -2.53. The molecular weight excluding hydrogens is 569 g/mol. The normalized spacial score (nSPS) is 22.0. The van der Waals surface area contributed by atoms with Crippen LogP contribution in [0.25, 0.3) is 0 Å². The number of likely N-dealkylation sites (N-methyl/N-ethyl adjacent to an activating group) is 1. The lowest BCUT2D eigenvalue weighted by Crippen LogP contribution is -2.63. The number of morpholine rings is 1. The summed E-state index contributed by atoms with van der Waals surface area (Å²) in [7, 11) is 33.9. The van der Waals surface area contributed by atoms with Crippen molar-refractivity contribution in [2.75, 3.05) is 25.5 Å². The number of carbonyl (C=O) groups is 3. The minimum Gasteiger partial charge on any atom is -0.392 e. The first-order valence-corrected chi connectivity index (χ1v) is 14.5. The average molecular weight is 604 g/mol. The number of hydrogen-bond acceptors (Lipinski definition) is 7. The van der Waals surface area contributed by atoms with Gasteiger partial charge in [0.05, 0.1) is 42.6 Å². The summed E-state index contributed by atoms with van der Waals surface area (Å²) in [5.74, 6) is -2.27. The summed E-state index contributed by atoms with van der Waals surface area (Å²) < 4.78 is 22.5. The van der Waals surface area contributed by atoms with Crippen LogP contribution in [0, 0.1) is 5.82 Å². The van der Waals surface area contributed by atoms with E-state index in [0.29, 0.717) is 19.4 Å². The molecule has 0 saturated carbocycles. The van der Waals surface area contributed by atoms with E-state index in [-0.39, 0.29) is 40.8 Å². The minimum atomic E-state index is -2.54. The second-order valence-corrected chi connectivity index (χ2v) is 13.0. The van der Waals surface area contributed by atoms with Crippen LogP contribution in [-0.2, 0) is 30.6 Å². The van der Waals surface area contributed by atoms with Gasteiger partial charge in [-0.2, -0.15) is 0 Å². The van der Waals surface area contributed by atoms with Crippen molar-refractivity contribution in [3.05, 3.63) is 64.5 Å². The number of fused-ring (bicyclic) bond motifs is 1. The van der Waals surface area contributed by atoms with Crippen LogP contribution < -0.4 is 10.6 Å². The third-order valence-corrected chi connectivity index (χ3v) is 8.10. The van der Waals surface area contributed by atoms with Crippen molar-refractivity contribution in [1.82, 2.24) is 15.1 Å². The Labute approximate surface area is 270 Å². The van der Waals surface area contributed by atoms with Gasteiger partial charge in [-0.05, 0) is 68.1 Å². The molecular formula is C30H34B5FN4O5. The maximum absolute atomic E-state index is 16.4. The number of nitrogens with zero attached hydrogens (tertiary/aromatic N) is 2. The molecule has 2 aromatic carbocycles. The van der Waals surface area contributed by atoms with Crippen LogP contribution in [0.5, 0.6) is 0 Å². The molecule has 2 unspecified atom stereocenters. The highest BCUT2D eigenvalue weighted by molar-refractivity contribution is 6.42. The van der Waals surface area contributed by atoms with E-state index in [1.165, 1.54) is 43.4 Å². The number of carbonyl (C=O) groups excluding carboxylic acids is 3. The van der Waals surface area contributed by atoms with E-state index in [4.69, 9.17) is 44.0 Å². The molecule has 2 amide bonds. The van der Waals surface area contributed by atoms with E-state index in [0.717, 1.165) is 4.90 Å². The van der Waals surface area contributed by atoms with Crippen LogP contribution >= 0.6 is 0 Å². The predicted molar refractivity (Wildman–Crippen MR) is 173 cm³/mol. The van der Waals surface area contributed by atoms with Crippen LogP contribution in [-0.4, -0.2) is 110 Å². The second-order valence-electron chi connectivity index (χ2n) is 13.0. The van der Waals surface area contributed by atoms with Crippen molar-refractivity contribution in [3.63, 3.8) is 0 Å². The molecule has 2 aromatic rings. The van der Waals surface area contributed by atoms with E-state index >= 15 is 4.39 Å². The van der Waals surface area contributed by atoms with Crippen molar-refractivity contribution in [2.24, 2.45) is 0 Å². The molecule has 9 nitrogen and oxygen atoms in total. The summed E-state index contributed by atoms with van der Waals surface area (Å²) in [6.07, 6.45) is 0.412. The number of nitrogens with one attached hydrogen (secondary N) is 2. The summed E-state index contributed by atoms with van der Waals surface area (Å²) in [6.45, 7) is 8.17. The Bertz CT molecular complexity index is 1490. The Morgan fingerprint density at radius 2 is 1.67 bits per heavy atom. The fourth-order valence-corrected chi connectivity index (χ4v) is 6.46. The van der Waals surface area contributed by atoms with Gasteiger partial charge in [0.1, 0.15) is 23.8 Å². The summed E-state index contributed by atoms with van der Waals surface area (Å²) in [4.78, 5) is 39.8. The number of halogens is 1. The Hall–Kier alpha value is -3.02. The molecule has 1 saturated heterocycles. The number of hydrogen-bond donors (Lipinski definition) is 3. The number of rotatable bonds is 10. The molecule has 3 N–H and O–H groups in total. The Balaban J connectivity index is 1.73. The number of aldehydes is 1. The predicted octanol–water partition coefficient (Wildman–Crippen LogP) is 0.542. The number of anilines is 1. The van der Waals surface area contributed by atoms with Gasteiger partial charge in [-0.25, -0.2) is 4.39 Å². The third-order valence-electron chi connectivity index (χ3n) is 8.10. The van der Waals surface area contributed by atoms with Crippen molar-refractivity contribution in [1.29, 1.82) is 0 Å². The van der Waals surface area contributed by atoms with Crippen LogP contribution in [0.3, 0.4) is 0 Å². The number of amides is 2. The highest BCUT2D eigenvalue weighted by Gasteiger charge is 2.51. The Morgan fingerprint density at radius 1 is 1.09 bits per heavy atom. The molecule has 0 spiro atoms. The molecule has 15 heteroatoms. The molecule has 45 heavy (non-hydrogen) atoms. The van der Waals surface area contributed by atoms with Crippen molar-refractivity contribution in [3.8, 4) is 0 Å². The number of ether oxygens (including phenoxy) is 1. The van der Waals surface area contributed by atoms with Gasteiger partial charge in [-0.1, -0.05) is 24.3 Å². The van der Waals surface area contributed by atoms with Gasteiger partial charge in [-0.3, -0.25) is 9.59 Å². The van der Waals surface area contributed by atoms with Crippen LogP contribution in [0.4, 0.5) is 10.1 Å². The summed E-state index contributed by atoms with van der Waals surface area (Å²) in [6, 6.07) is 7.35. The van der Waals surface area contributed by atoms with Crippen LogP contribution in [0.1, 0.15) is 67.6 Å². The van der Waals surface area contributed by atoms with E-state index in [9.17, 15) is 19.5 Å². The maximum atomic E-state index is 16.4. The van der Waals surface area contributed by atoms with Gasteiger partial charge < -0.3 is 35.1 Å². The third kappa shape index (κ3) is 6.49. The SMILES string of the molecule is [B]C([B])(Nc1cccc2c1C([B])(O)N(C(CCC=O)C(=O)NC)C2=O)c1cccc(C([B])([B])N2CC(C)(C)OC(C)(C)C2)c1F. The topological polar surface area (TPSA) is 111 Å². The fourth-order valence-electron chi connectivity index (χ4n) is 6.46. The quantitative estimate of drug-likeness (QED) is 0.269. The number of benzene rings is 2. The lowest BCUT2D eigenvalue weighted by atomic mass is 9.53. The van der Waals surface area contributed by atoms with E-state index in [1.807, 2.05) is 27.7 Å². The zero-order valence-corrected chi connectivity index (χ0v) is 26.2. The molecule has 4 rings (SSSR count). The zero-order valence-electron chi connectivity index (χ0n) is 26.2. The first kappa shape index (κ1) is 34.9. The van der Waals surface area contributed by atoms with Gasteiger partial charge in [0.15, 0.2) is 7.85 Å². The van der Waals surface area contributed by atoms with Crippen molar-refractivity contribution < 1.29 is 28.6 Å². The standard InChI is InChI=1S/C30H34B5FN4O5/c1-26(2)15-39(16-27(3,4)45-26)29(33,34)19-11-7-10-18(23(19)36)28(31,32)38-20-12-6-9-17-22(20)30(35,44)40(25(17)43)21(13-8-14-41)24(42)37-5/h6-7,9-12,14,21,38,44H,8,13,15-16H2,1-5H3,(H,37,42). The molecule has 0 aliphatic carbocycles. The second kappa shape index (κ2) is 12.0. The van der Waals surface area contributed by atoms with Gasteiger partial charge >= 0.3 is 0 Å². The molecule has 2 heterocycles. The summed E-state index contributed by atoms with van der Waals surface area (Å²) in [5, 5.41) is 12.8. The number of aliphatic hydroxyl groups is 1. The largest absolute Gasteiger partial charge is 0.392 e. The summed E-state index contributed by atoms with van der Waals surface area (Å²) in [5.41, 5.74) is -4.28. The van der Waals surface area contributed by atoms with Crippen molar-refractivity contribution >= 4 is 63.0 Å². The van der Waals surface area contributed by atoms with Gasteiger partial charge in [0.25, 0.3) is 5.91 Å². The van der Waals surface area contributed by atoms with Gasteiger partial charge in [0, 0.05) is 43.4 Å². The van der Waals surface area contributed by atoms with Gasteiger partial charge in [0.2, 0.25) is 5.91 Å². The molecule has 0 aromatic heterocycles. The monoisotopic (exact) mass is 604 g/mol. The molecule has 0 bridgehead atoms. The van der Waals surface area contributed by atoms with E-state index in [2.05, 4.69) is 10.6 Å². The molecule has 10 radical (unpaired) electrons. The first-order chi connectivity index (χ1) is 20.7. The smallest absolute Gasteiger partial charge is 0.256 e. The molecule has 1 fully saturated rings. The average Bonchev–Trinajstić information content (AvgIpc) is 3.12. The van der Waals surface area contributed by atoms with E-state index in [1.54, 1.807) is 4.90 Å². The molecule has 2 aliphatic heterocycles. The molecule has 226 valence electrons. The van der Waals surface area contributed by atoms with Crippen LogP contribution in [0.15, 0.2) is 36.4 Å². The lowest BCUT2D eigenvalue weighted by molar-refractivity contribution is -0.186. The van der Waals surface area contributed by atoms with Gasteiger partial charge in [-0.15, -0.1) is 0 Å². The highest BCUT2D eigenvalue weighted by atomic mass is 19.1. The molecule has 2 aliphatic rings. The zero-order chi connectivity index (χ0) is 33.8.